The van der Waals surface area contributed by atoms with Crippen molar-refractivity contribution in [2.45, 2.75) is 31.6 Å². The Balaban J connectivity index is 2.16. The molecule has 0 unspecified atom stereocenters. The maximum atomic E-state index is 12.5. The van der Waals surface area contributed by atoms with E-state index < -0.39 is 10.0 Å². The van der Waals surface area contributed by atoms with Gasteiger partial charge in [-0.15, -0.1) is 0 Å². The molecule has 0 bridgehead atoms. The number of benzene rings is 2. The van der Waals surface area contributed by atoms with E-state index in [-0.39, 0.29) is 4.90 Å². The van der Waals surface area contributed by atoms with Gasteiger partial charge in [0.1, 0.15) is 0 Å². The van der Waals surface area contributed by atoms with Crippen molar-refractivity contribution in [1.29, 1.82) is 0 Å². The molecule has 0 heterocycles. The summed E-state index contributed by atoms with van der Waals surface area (Å²) in [7, 11) is -0.616. The van der Waals surface area contributed by atoms with Crippen molar-refractivity contribution in [3.63, 3.8) is 0 Å². The Morgan fingerprint density at radius 3 is 2.16 bits per heavy atom. The van der Waals surface area contributed by atoms with Gasteiger partial charge in [-0.25, -0.2) is 8.42 Å². The van der Waals surface area contributed by atoms with Crippen LogP contribution in [0.15, 0.2) is 47.4 Å². The van der Waals surface area contributed by atoms with Crippen LogP contribution < -0.4 is 14.2 Å². The highest BCUT2D eigenvalue weighted by molar-refractivity contribution is 7.92. The van der Waals surface area contributed by atoms with E-state index in [0.29, 0.717) is 23.1 Å². The Hall–Kier alpha value is -2.21. The fraction of sp³-hybridized carbons (Fsp3) is 0.368. The fourth-order valence-electron chi connectivity index (χ4n) is 2.40. The quantitative estimate of drug-likeness (QED) is 0.767. The minimum atomic E-state index is -3.65. The summed E-state index contributed by atoms with van der Waals surface area (Å²) in [4.78, 5) is 0.232. The van der Waals surface area contributed by atoms with Crippen LogP contribution in [0.25, 0.3) is 0 Å². The number of ether oxygens (including phenoxy) is 2. The zero-order valence-electron chi connectivity index (χ0n) is 15.1. The highest BCUT2D eigenvalue weighted by Gasteiger charge is 2.15. The maximum Gasteiger partial charge on any atom is 0.261 e. The summed E-state index contributed by atoms with van der Waals surface area (Å²) in [6, 6.07) is 11.9. The van der Waals surface area contributed by atoms with Crippen LogP contribution in [-0.2, 0) is 16.4 Å². The van der Waals surface area contributed by atoms with Crippen molar-refractivity contribution < 1.29 is 17.9 Å². The molecule has 0 saturated carbocycles. The highest BCUT2D eigenvalue weighted by Crippen LogP contribution is 2.30. The normalized spacial score (nSPS) is 11.4. The second kappa shape index (κ2) is 8.25. The Bertz CT molecular complexity index is 799. The molecule has 136 valence electrons. The van der Waals surface area contributed by atoms with Crippen molar-refractivity contribution in [3.05, 3.63) is 48.0 Å². The number of sulfonamides is 1. The Labute approximate surface area is 150 Å². The van der Waals surface area contributed by atoms with Crippen LogP contribution in [0, 0.1) is 5.92 Å². The highest BCUT2D eigenvalue weighted by atomic mass is 32.2. The lowest BCUT2D eigenvalue weighted by Gasteiger charge is -2.12. The van der Waals surface area contributed by atoms with E-state index in [4.69, 9.17) is 9.47 Å². The predicted molar refractivity (Wildman–Crippen MR) is 100.0 cm³/mol. The first-order chi connectivity index (χ1) is 11.9. The standard InChI is InChI=1S/C19H25NO4S/c1-14(2)5-6-15-7-10-17(11-8-15)25(21,22)20-16-9-12-18(23-3)19(13-16)24-4/h7-14,20H,5-6H2,1-4H3. The van der Waals surface area contributed by atoms with Crippen LogP contribution >= 0.6 is 0 Å². The van der Waals surface area contributed by atoms with Gasteiger partial charge in [0.25, 0.3) is 10.0 Å². The lowest BCUT2D eigenvalue weighted by Crippen LogP contribution is -2.13. The molecule has 2 rings (SSSR count). The minimum absolute atomic E-state index is 0.232. The number of rotatable bonds is 8. The van der Waals surface area contributed by atoms with E-state index in [1.807, 2.05) is 12.1 Å². The van der Waals surface area contributed by atoms with Gasteiger partial charge in [0, 0.05) is 6.07 Å². The van der Waals surface area contributed by atoms with Gasteiger partial charge >= 0.3 is 0 Å². The molecule has 6 heteroatoms. The van der Waals surface area contributed by atoms with Gasteiger partial charge in [0.05, 0.1) is 24.8 Å². The van der Waals surface area contributed by atoms with E-state index in [9.17, 15) is 8.42 Å². The van der Waals surface area contributed by atoms with Crippen molar-refractivity contribution in [2.24, 2.45) is 5.92 Å². The lowest BCUT2D eigenvalue weighted by atomic mass is 10.0. The van der Waals surface area contributed by atoms with Crippen molar-refractivity contribution >= 4 is 15.7 Å². The van der Waals surface area contributed by atoms with Crippen LogP contribution in [0.3, 0.4) is 0 Å². The minimum Gasteiger partial charge on any atom is -0.493 e. The number of hydrogen-bond acceptors (Lipinski definition) is 4. The number of nitrogens with one attached hydrogen (secondary N) is 1. The molecule has 5 nitrogen and oxygen atoms in total. The average Bonchev–Trinajstić information content (AvgIpc) is 2.59. The lowest BCUT2D eigenvalue weighted by molar-refractivity contribution is 0.355. The van der Waals surface area contributed by atoms with Gasteiger partial charge in [-0.3, -0.25) is 4.72 Å². The fourth-order valence-corrected chi connectivity index (χ4v) is 3.45. The van der Waals surface area contributed by atoms with Crippen LogP contribution in [0.1, 0.15) is 25.8 Å². The molecule has 0 amide bonds. The topological polar surface area (TPSA) is 64.6 Å². The molecule has 2 aromatic rings. The molecule has 0 aliphatic carbocycles. The van der Waals surface area contributed by atoms with Gasteiger partial charge < -0.3 is 9.47 Å². The monoisotopic (exact) mass is 363 g/mol. The molecule has 0 fully saturated rings. The molecular weight excluding hydrogens is 338 g/mol. The van der Waals surface area contributed by atoms with E-state index >= 15 is 0 Å². The molecule has 0 aromatic heterocycles. The van der Waals surface area contributed by atoms with E-state index in [1.165, 1.54) is 14.2 Å². The molecule has 0 spiro atoms. The summed E-state index contributed by atoms with van der Waals surface area (Å²) in [6.45, 7) is 4.34. The summed E-state index contributed by atoms with van der Waals surface area (Å²) in [5.41, 5.74) is 1.56. The van der Waals surface area contributed by atoms with Gasteiger partial charge in [-0.2, -0.15) is 0 Å². The summed E-state index contributed by atoms with van der Waals surface area (Å²) < 4.78 is 38.0. The first-order valence-electron chi connectivity index (χ1n) is 8.19. The summed E-state index contributed by atoms with van der Waals surface area (Å²) in [6.07, 6.45) is 2.02. The zero-order valence-corrected chi connectivity index (χ0v) is 15.9. The first kappa shape index (κ1) is 19.1. The van der Waals surface area contributed by atoms with Gasteiger partial charge in [-0.1, -0.05) is 26.0 Å². The molecule has 0 radical (unpaired) electrons. The van der Waals surface area contributed by atoms with Crippen LogP contribution in [-0.4, -0.2) is 22.6 Å². The largest absolute Gasteiger partial charge is 0.493 e. The van der Waals surface area contributed by atoms with Gasteiger partial charge in [-0.05, 0) is 48.6 Å². The smallest absolute Gasteiger partial charge is 0.261 e. The summed E-state index contributed by atoms with van der Waals surface area (Å²) in [5.74, 6) is 1.63. The molecule has 0 aliphatic rings. The van der Waals surface area contributed by atoms with Crippen LogP contribution in [0.4, 0.5) is 5.69 Å². The Morgan fingerprint density at radius 1 is 0.960 bits per heavy atom. The third kappa shape index (κ3) is 5.13. The van der Waals surface area contributed by atoms with Gasteiger partial charge in [0.15, 0.2) is 11.5 Å². The molecule has 2 aromatic carbocycles. The molecule has 0 aliphatic heterocycles. The second-order valence-corrected chi connectivity index (χ2v) is 7.93. The van der Waals surface area contributed by atoms with Crippen molar-refractivity contribution in [2.75, 3.05) is 18.9 Å². The SMILES string of the molecule is COc1ccc(NS(=O)(=O)c2ccc(CCC(C)C)cc2)cc1OC. The molecule has 1 N–H and O–H groups in total. The molecule has 0 atom stereocenters. The number of methoxy groups -OCH3 is 2. The molecular formula is C19H25NO4S. The third-order valence-corrected chi connectivity index (χ3v) is 5.28. The van der Waals surface area contributed by atoms with Crippen molar-refractivity contribution in [3.8, 4) is 11.5 Å². The third-order valence-electron chi connectivity index (χ3n) is 3.88. The number of anilines is 1. The maximum absolute atomic E-state index is 12.5. The van der Waals surface area contributed by atoms with Crippen LogP contribution in [0.2, 0.25) is 0 Å². The first-order valence-corrected chi connectivity index (χ1v) is 9.68. The van der Waals surface area contributed by atoms with Gasteiger partial charge in [0.2, 0.25) is 0 Å². The molecule has 0 saturated heterocycles. The Morgan fingerprint density at radius 2 is 1.60 bits per heavy atom. The van der Waals surface area contributed by atoms with E-state index in [0.717, 1.165) is 18.4 Å². The zero-order chi connectivity index (χ0) is 18.4. The predicted octanol–water partition coefficient (Wildman–Crippen LogP) is 4.09. The summed E-state index contributed by atoms with van der Waals surface area (Å²) >= 11 is 0. The second-order valence-electron chi connectivity index (χ2n) is 6.25. The van der Waals surface area contributed by atoms with Crippen molar-refractivity contribution in [1.82, 2.24) is 0 Å². The summed E-state index contributed by atoms with van der Waals surface area (Å²) in [5, 5.41) is 0. The number of aryl methyl sites for hydroxylation is 1. The Kier molecular flexibility index (Phi) is 6.31. The van der Waals surface area contributed by atoms with E-state index in [2.05, 4.69) is 18.6 Å². The number of hydrogen-bond donors (Lipinski definition) is 1. The average molecular weight is 363 g/mol. The van der Waals surface area contributed by atoms with E-state index in [1.54, 1.807) is 30.3 Å². The van der Waals surface area contributed by atoms with Crippen LogP contribution in [0.5, 0.6) is 11.5 Å². The molecule has 25 heavy (non-hydrogen) atoms.